The third-order valence-corrected chi connectivity index (χ3v) is 2.23. The molecule has 68 valence electrons. The highest BCUT2D eigenvalue weighted by atomic mass is 16.6. The first-order valence-corrected chi connectivity index (χ1v) is 4.34. The Hall–Kier alpha value is -1.12. The van der Waals surface area contributed by atoms with Crippen molar-refractivity contribution in [2.45, 2.75) is 18.3 Å². The lowest BCUT2D eigenvalue weighted by atomic mass is 10.1. The minimum Gasteiger partial charge on any atom is -0.386 e. The zero-order chi connectivity index (χ0) is 9.26. The number of benzene rings is 1. The van der Waals surface area contributed by atoms with E-state index in [9.17, 15) is 5.11 Å². The van der Waals surface area contributed by atoms with Crippen LogP contribution in [0, 0.1) is 0 Å². The molecule has 1 fully saturated rings. The van der Waals surface area contributed by atoms with Gasteiger partial charge in [-0.15, -0.1) is 6.58 Å². The van der Waals surface area contributed by atoms with Gasteiger partial charge in [0.15, 0.2) is 0 Å². The Bertz CT molecular complexity index is 294. The lowest BCUT2D eigenvalue weighted by Gasteiger charge is -1.98. The van der Waals surface area contributed by atoms with Crippen LogP contribution in [-0.4, -0.2) is 17.3 Å². The second-order valence-electron chi connectivity index (χ2n) is 3.16. The number of hydrogen-bond acceptors (Lipinski definition) is 2. The van der Waals surface area contributed by atoms with Gasteiger partial charge in [-0.2, -0.15) is 0 Å². The summed E-state index contributed by atoms with van der Waals surface area (Å²) in [6.07, 6.45) is 0.910. The summed E-state index contributed by atoms with van der Waals surface area (Å²) in [5.74, 6) is 0. The molecule has 1 aliphatic heterocycles. The van der Waals surface area contributed by atoms with Crippen molar-refractivity contribution in [1.82, 2.24) is 0 Å². The van der Waals surface area contributed by atoms with E-state index in [4.69, 9.17) is 4.74 Å². The molecule has 1 aromatic carbocycles. The predicted octanol–water partition coefficient (Wildman–Crippen LogP) is 1.67. The highest BCUT2D eigenvalue weighted by molar-refractivity contribution is 5.23. The third-order valence-electron chi connectivity index (χ3n) is 2.23. The minimum absolute atomic E-state index is 0.0502. The van der Waals surface area contributed by atoms with Crippen LogP contribution in [0.25, 0.3) is 0 Å². The second-order valence-corrected chi connectivity index (χ2v) is 3.16. The molecule has 1 N–H and O–H groups in total. The SMILES string of the molecule is C=C[C@@H](O)[C@H]1O[C@@H]1c1ccccc1. The highest BCUT2D eigenvalue weighted by Crippen LogP contribution is 2.40. The molecule has 1 saturated heterocycles. The lowest BCUT2D eigenvalue weighted by molar-refractivity contribution is 0.178. The number of rotatable bonds is 3. The van der Waals surface area contributed by atoms with E-state index in [1.165, 1.54) is 6.08 Å². The smallest absolute Gasteiger partial charge is 0.118 e. The monoisotopic (exact) mass is 176 g/mol. The maximum absolute atomic E-state index is 9.39. The number of epoxide rings is 1. The van der Waals surface area contributed by atoms with E-state index in [1.54, 1.807) is 0 Å². The van der Waals surface area contributed by atoms with E-state index in [0.29, 0.717) is 0 Å². The Labute approximate surface area is 77.5 Å². The van der Waals surface area contributed by atoms with Gasteiger partial charge in [0.2, 0.25) is 0 Å². The van der Waals surface area contributed by atoms with Crippen LogP contribution in [0.5, 0.6) is 0 Å². The van der Waals surface area contributed by atoms with Crippen molar-refractivity contribution in [2.75, 3.05) is 0 Å². The molecule has 0 bridgehead atoms. The summed E-state index contributed by atoms with van der Waals surface area (Å²) in [5, 5.41) is 9.39. The summed E-state index contributed by atoms with van der Waals surface area (Å²) in [4.78, 5) is 0. The fourth-order valence-electron chi connectivity index (χ4n) is 1.43. The Balaban J connectivity index is 2.04. The van der Waals surface area contributed by atoms with Gasteiger partial charge in [-0.25, -0.2) is 0 Å². The van der Waals surface area contributed by atoms with Gasteiger partial charge in [-0.3, -0.25) is 0 Å². The van der Waals surface area contributed by atoms with E-state index >= 15 is 0 Å². The first kappa shape index (κ1) is 8.48. The van der Waals surface area contributed by atoms with Crippen LogP contribution < -0.4 is 0 Å². The van der Waals surface area contributed by atoms with Crippen LogP contribution in [0.1, 0.15) is 11.7 Å². The summed E-state index contributed by atoms with van der Waals surface area (Å²) in [6.45, 7) is 3.52. The summed E-state index contributed by atoms with van der Waals surface area (Å²) in [6, 6.07) is 9.90. The molecule has 0 unspecified atom stereocenters. The minimum atomic E-state index is -0.551. The molecule has 13 heavy (non-hydrogen) atoms. The molecular weight excluding hydrogens is 164 g/mol. The standard InChI is InChI=1S/C11H12O2/c1-2-9(12)11-10(13-11)8-6-4-3-5-7-8/h2-7,9-12H,1H2/t9-,10-,11-/m1/s1. The Morgan fingerprint density at radius 1 is 1.38 bits per heavy atom. The first-order chi connectivity index (χ1) is 6.33. The summed E-state index contributed by atoms with van der Waals surface area (Å²) < 4.78 is 5.33. The van der Waals surface area contributed by atoms with Crippen molar-refractivity contribution >= 4 is 0 Å². The largest absolute Gasteiger partial charge is 0.386 e. The van der Waals surface area contributed by atoms with Crippen LogP contribution in [0.3, 0.4) is 0 Å². The molecule has 2 heteroatoms. The Morgan fingerprint density at radius 2 is 2.08 bits per heavy atom. The maximum atomic E-state index is 9.39. The zero-order valence-electron chi connectivity index (χ0n) is 7.26. The summed E-state index contributed by atoms with van der Waals surface area (Å²) in [5.41, 5.74) is 1.12. The summed E-state index contributed by atoms with van der Waals surface area (Å²) in [7, 11) is 0. The van der Waals surface area contributed by atoms with E-state index in [0.717, 1.165) is 5.56 Å². The molecule has 2 rings (SSSR count). The number of ether oxygens (including phenoxy) is 1. The molecular formula is C11H12O2. The van der Waals surface area contributed by atoms with Crippen molar-refractivity contribution in [2.24, 2.45) is 0 Å². The molecule has 1 aliphatic rings. The molecule has 1 heterocycles. The molecule has 2 nitrogen and oxygen atoms in total. The fourth-order valence-corrected chi connectivity index (χ4v) is 1.43. The molecule has 0 spiro atoms. The zero-order valence-corrected chi connectivity index (χ0v) is 7.26. The predicted molar refractivity (Wildman–Crippen MR) is 50.3 cm³/mol. The van der Waals surface area contributed by atoms with E-state index < -0.39 is 6.10 Å². The van der Waals surface area contributed by atoms with Crippen LogP contribution in [0.2, 0.25) is 0 Å². The third kappa shape index (κ3) is 1.64. The van der Waals surface area contributed by atoms with Gasteiger partial charge in [0.05, 0.1) is 0 Å². The van der Waals surface area contributed by atoms with Crippen LogP contribution in [0.4, 0.5) is 0 Å². The topological polar surface area (TPSA) is 32.8 Å². The molecule has 0 aliphatic carbocycles. The average molecular weight is 176 g/mol. The molecule has 1 aromatic rings. The lowest BCUT2D eigenvalue weighted by Crippen LogP contribution is -2.10. The summed E-state index contributed by atoms with van der Waals surface area (Å²) >= 11 is 0. The van der Waals surface area contributed by atoms with Gasteiger partial charge in [0.25, 0.3) is 0 Å². The fraction of sp³-hybridized carbons (Fsp3) is 0.273. The molecule has 0 saturated carbocycles. The Morgan fingerprint density at radius 3 is 2.69 bits per heavy atom. The van der Waals surface area contributed by atoms with E-state index in [2.05, 4.69) is 6.58 Å². The van der Waals surface area contributed by atoms with Crippen LogP contribution in [0.15, 0.2) is 43.0 Å². The first-order valence-electron chi connectivity index (χ1n) is 4.34. The maximum Gasteiger partial charge on any atom is 0.118 e. The van der Waals surface area contributed by atoms with Gasteiger partial charge >= 0.3 is 0 Å². The number of aliphatic hydroxyl groups excluding tert-OH is 1. The van der Waals surface area contributed by atoms with Crippen molar-refractivity contribution in [3.8, 4) is 0 Å². The number of hydrogen-bond donors (Lipinski definition) is 1. The van der Waals surface area contributed by atoms with Gasteiger partial charge in [-0.05, 0) is 5.56 Å². The van der Waals surface area contributed by atoms with Crippen LogP contribution >= 0.6 is 0 Å². The van der Waals surface area contributed by atoms with Crippen molar-refractivity contribution < 1.29 is 9.84 Å². The van der Waals surface area contributed by atoms with Gasteiger partial charge in [-0.1, -0.05) is 36.4 Å². The van der Waals surface area contributed by atoms with E-state index in [-0.39, 0.29) is 12.2 Å². The molecule has 0 radical (unpaired) electrons. The van der Waals surface area contributed by atoms with Crippen LogP contribution in [-0.2, 0) is 4.74 Å². The van der Waals surface area contributed by atoms with Crippen molar-refractivity contribution in [1.29, 1.82) is 0 Å². The molecule has 3 atom stereocenters. The number of aliphatic hydroxyl groups is 1. The van der Waals surface area contributed by atoms with E-state index in [1.807, 2.05) is 30.3 Å². The molecule has 0 amide bonds. The highest BCUT2D eigenvalue weighted by Gasteiger charge is 2.44. The quantitative estimate of drug-likeness (QED) is 0.561. The van der Waals surface area contributed by atoms with Gasteiger partial charge in [0, 0.05) is 0 Å². The average Bonchev–Trinajstić information content (AvgIpc) is 2.98. The normalized spacial score (nSPS) is 28.1. The van der Waals surface area contributed by atoms with Crippen molar-refractivity contribution in [3.05, 3.63) is 48.6 Å². The molecule has 0 aromatic heterocycles. The Kier molecular flexibility index (Phi) is 2.17. The van der Waals surface area contributed by atoms with Gasteiger partial charge in [0.1, 0.15) is 18.3 Å². The second kappa shape index (κ2) is 3.32. The van der Waals surface area contributed by atoms with Crippen molar-refractivity contribution in [3.63, 3.8) is 0 Å². The van der Waals surface area contributed by atoms with Gasteiger partial charge < -0.3 is 9.84 Å².